The van der Waals surface area contributed by atoms with Crippen LogP contribution in [-0.4, -0.2) is 23.1 Å². The summed E-state index contributed by atoms with van der Waals surface area (Å²) in [5.74, 6) is -0.674. The van der Waals surface area contributed by atoms with Crippen LogP contribution in [0.15, 0.2) is 12.2 Å². The molecule has 1 atom stereocenters. The zero-order chi connectivity index (χ0) is 28.7. The molecule has 0 spiro atoms. The van der Waals surface area contributed by atoms with Gasteiger partial charge in [0.05, 0.1) is 0 Å². The molecule has 1 unspecified atom stereocenters. The van der Waals surface area contributed by atoms with Gasteiger partial charge in [-0.2, -0.15) is 0 Å². The average Bonchev–Trinajstić information content (AvgIpc) is 2.91. The fourth-order valence-corrected chi connectivity index (χ4v) is 5.18. The van der Waals surface area contributed by atoms with Crippen molar-refractivity contribution in [3.8, 4) is 0 Å². The summed E-state index contributed by atoms with van der Waals surface area (Å²) in [5.41, 5.74) is 0. The fraction of sp³-hybridized carbons (Fsp3) is 0.886. The minimum absolute atomic E-state index is 0.00971. The van der Waals surface area contributed by atoms with E-state index >= 15 is 0 Å². The summed E-state index contributed by atoms with van der Waals surface area (Å²) >= 11 is 0. The van der Waals surface area contributed by atoms with Gasteiger partial charge in [-0.25, -0.2) is 0 Å². The second-order valence-corrected chi connectivity index (χ2v) is 11.7. The second kappa shape index (κ2) is 31.2. The lowest BCUT2D eigenvalue weighted by molar-refractivity contribution is -0.150. The van der Waals surface area contributed by atoms with Gasteiger partial charge in [0.1, 0.15) is 6.10 Å². The first kappa shape index (κ1) is 37.7. The van der Waals surface area contributed by atoms with E-state index in [1.807, 2.05) is 0 Å². The number of unbranched alkanes of at least 4 members (excludes halogenated alkanes) is 20. The zero-order valence-corrected chi connectivity index (χ0v) is 26.2. The van der Waals surface area contributed by atoms with Crippen LogP contribution in [0.3, 0.4) is 0 Å². The monoisotopic (exact) mass is 550 g/mol. The number of ether oxygens (including phenoxy) is 1. The molecular weight excluding hydrogens is 484 g/mol. The van der Waals surface area contributed by atoms with Gasteiger partial charge >= 0.3 is 11.9 Å². The number of hydrogen-bond donors (Lipinski definition) is 1. The number of aliphatic carboxylic acids is 1. The van der Waals surface area contributed by atoms with Crippen LogP contribution >= 0.6 is 0 Å². The molecule has 0 aliphatic heterocycles. The highest BCUT2D eigenvalue weighted by atomic mass is 16.5. The maximum Gasteiger partial charge on any atom is 0.306 e. The predicted octanol–water partition coefficient (Wildman–Crippen LogP) is 11.5. The van der Waals surface area contributed by atoms with Crippen LogP contribution in [0.1, 0.15) is 194 Å². The van der Waals surface area contributed by atoms with Crippen molar-refractivity contribution in [3.05, 3.63) is 12.2 Å². The molecule has 0 rings (SSSR count). The van der Waals surface area contributed by atoms with E-state index in [1.54, 1.807) is 0 Å². The minimum Gasteiger partial charge on any atom is -0.481 e. The molecular formula is C35H66O4. The topological polar surface area (TPSA) is 63.6 Å². The van der Waals surface area contributed by atoms with Crippen LogP contribution in [0.25, 0.3) is 0 Å². The van der Waals surface area contributed by atoms with Gasteiger partial charge in [0.25, 0.3) is 0 Å². The van der Waals surface area contributed by atoms with E-state index in [2.05, 4.69) is 26.0 Å². The van der Waals surface area contributed by atoms with Gasteiger partial charge in [-0.15, -0.1) is 0 Å². The first-order valence-corrected chi connectivity index (χ1v) is 17.2. The zero-order valence-electron chi connectivity index (χ0n) is 26.2. The molecule has 1 N–H and O–H groups in total. The molecule has 0 bridgehead atoms. The van der Waals surface area contributed by atoms with Crippen molar-refractivity contribution >= 4 is 11.9 Å². The molecule has 39 heavy (non-hydrogen) atoms. The van der Waals surface area contributed by atoms with Crippen LogP contribution < -0.4 is 0 Å². The summed E-state index contributed by atoms with van der Waals surface area (Å²) in [6, 6.07) is 0. The SMILES string of the molecule is CCCCCCCC/C=C\CCCCCCCC(=O)OC(CCCCC)CCCCCCCCCCC(=O)O. The molecule has 4 nitrogen and oxygen atoms in total. The first-order valence-electron chi connectivity index (χ1n) is 17.2. The van der Waals surface area contributed by atoms with Gasteiger partial charge in [-0.3, -0.25) is 9.59 Å². The lowest BCUT2D eigenvalue weighted by atomic mass is 10.0. The summed E-state index contributed by atoms with van der Waals surface area (Å²) in [6.07, 6.45) is 36.8. The maximum atomic E-state index is 12.5. The van der Waals surface area contributed by atoms with Crippen LogP contribution in [-0.2, 0) is 14.3 Å². The number of carbonyl (C=O) groups is 2. The van der Waals surface area contributed by atoms with Gasteiger partial charge < -0.3 is 9.84 Å². The highest BCUT2D eigenvalue weighted by Gasteiger charge is 2.14. The van der Waals surface area contributed by atoms with Crippen LogP contribution in [0.5, 0.6) is 0 Å². The Kier molecular flexibility index (Phi) is 30.2. The van der Waals surface area contributed by atoms with Crippen molar-refractivity contribution in [3.63, 3.8) is 0 Å². The number of rotatable bonds is 31. The summed E-state index contributed by atoms with van der Waals surface area (Å²) in [4.78, 5) is 23.0. The van der Waals surface area contributed by atoms with E-state index in [1.165, 1.54) is 109 Å². The molecule has 0 saturated heterocycles. The molecule has 0 aromatic heterocycles. The summed E-state index contributed by atoms with van der Waals surface area (Å²) in [5, 5.41) is 8.68. The largest absolute Gasteiger partial charge is 0.481 e. The Morgan fingerprint density at radius 2 is 0.923 bits per heavy atom. The molecule has 0 fully saturated rings. The predicted molar refractivity (Wildman–Crippen MR) is 167 cm³/mol. The van der Waals surface area contributed by atoms with E-state index in [4.69, 9.17) is 9.84 Å². The molecule has 0 radical (unpaired) electrons. The van der Waals surface area contributed by atoms with Gasteiger partial charge in [0, 0.05) is 12.8 Å². The van der Waals surface area contributed by atoms with Crippen molar-refractivity contribution in [2.75, 3.05) is 0 Å². The van der Waals surface area contributed by atoms with Gasteiger partial charge in [-0.05, 0) is 64.2 Å². The van der Waals surface area contributed by atoms with Gasteiger partial charge in [-0.1, -0.05) is 129 Å². The highest BCUT2D eigenvalue weighted by molar-refractivity contribution is 5.69. The molecule has 0 aliphatic carbocycles. The van der Waals surface area contributed by atoms with Gasteiger partial charge in [0.15, 0.2) is 0 Å². The van der Waals surface area contributed by atoms with Crippen molar-refractivity contribution in [1.82, 2.24) is 0 Å². The first-order chi connectivity index (χ1) is 19.1. The van der Waals surface area contributed by atoms with E-state index in [0.717, 1.165) is 57.8 Å². The number of carboxylic acids is 1. The standard InChI is InChI=1S/C35H66O4/c1-3-5-7-8-9-10-11-12-13-14-15-16-21-24-28-32-35(38)39-33(29-25-6-4-2)30-26-22-19-17-18-20-23-27-31-34(36)37/h12-13,33H,3-11,14-32H2,1-2H3,(H,36,37)/b13-12-. The molecule has 230 valence electrons. The Hall–Kier alpha value is -1.32. The van der Waals surface area contributed by atoms with Crippen molar-refractivity contribution < 1.29 is 19.4 Å². The Balaban J connectivity index is 3.76. The quantitative estimate of drug-likeness (QED) is 0.0529. The van der Waals surface area contributed by atoms with Crippen LogP contribution in [0, 0.1) is 0 Å². The van der Waals surface area contributed by atoms with Crippen molar-refractivity contribution in [2.24, 2.45) is 0 Å². The molecule has 0 aromatic rings. The second-order valence-electron chi connectivity index (χ2n) is 11.7. The number of allylic oxidation sites excluding steroid dienone is 2. The third-order valence-corrected chi connectivity index (χ3v) is 7.74. The molecule has 0 amide bonds. The normalized spacial score (nSPS) is 12.3. The third-order valence-electron chi connectivity index (χ3n) is 7.74. The maximum absolute atomic E-state index is 12.5. The lowest BCUT2D eigenvalue weighted by Gasteiger charge is -2.18. The molecule has 0 heterocycles. The van der Waals surface area contributed by atoms with E-state index in [0.29, 0.717) is 12.8 Å². The average molecular weight is 551 g/mol. The van der Waals surface area contributed by atoms with Crippen molar-refractivity contribution in [1.29, 1.82) is 0 Å². The molecule has 4 heteroatoms. The Bertz CT molecular complexity index is 557. The van der Waals surface area contributed by atoms with Crippen LogP contribution in [0.2, 0.25) is 0 Å². The highest BCUT2D eigenvalue weighted by Crippen LogP contribution is 2.18. The summed E-state index contributed by atoms with van der Waals surface area (Å²) < 4.78 is 5.91. The fourth-order valence-electron chi connectivity index (χ4n) is 5.18. The van der Waals surface area contributed by atoms with Gasteiger partial charge in [0.2, 0.25) is 0 Å². The Labute approximate surface area is 243 Å². The summed E-state index contributed by atoms with van der Waals surface area (Å²) in [7, 11) is 0. The number of esters is 1. The smallest absolute Gasteiger partial charge is 0.306 e. The number of hydrogen-bond acceptors (Lipinski definition) is 3. The number of carbonyl (C=O) groups excluding carboxylic acids is 1. The lowest BCUT2D eigenvalue weighted by Crippen LogP contribution is -2.18. The summed E-state index contributed by atoms with van der Waals surface area (Å²) in [6.45, 7) is 4.49. The third kappa shape index (κ3) is 31.1. The number of carboxylic acid groups (broad SMARTS) is 1. The van der Waals surface area contributed by atoms with Crippen molar-refractivity contribution in [2.45, 2.75) is 200 Å². The Morgan fingerprint density at radius 3 is 1.44 bits per heavy atom. The van der Waals surface area contributed by atoms with Crippen LogP contribution in [0.4, 0.5) is 0 Å². The van der Waals surface area contributed by atoms with E-state index in [-0.39, 0.29) is 12.1 Å². The van der Waals surface area contributed by atoms with E-state index in [9.17, 15) is 9.59 Å². The molecule has 0 saturated carbocycles. The molecule has 0 aromatic carbocycles. The minimum atomic E-state index is -0.683. The van der Waals surface area contributed by atoms with E-state index < -0.39 is 5.97 Å². The molecule has 0 aliphatic rings. The Morgan fingerprint density at radius 1 is 0.538 bits per heavy atom.